The molecular formula is C21H26F2N6O. The van der Waals surface area contributed by atoms with Gasteiger partial charge >= 0.3 is 0 Å². The number of piperidine rings is 1. The van der Waals surface area contributed by atoms with E-state index in [1.807, 2.05) is 37.3 Å². The molecule has 4 rings (SSSR count). The summed E-state index contributed by atoms with van der Waals surface area (Å²) in [6, 6.07) is 2.80. The van der Waals surface area contributed by atoms with Gasteiger partial charge < -0.3 is 19.9 Å². The summed E-state index contributed by atoms with van der Waals surface area (Å²) in [6.45, 7) is 7.15. The number of halogens is 2. The lowest BCUT2D eigenvalue weighted by atomic mass is 10.0. The zero-order valence-corrected chi connectivity index (χ0v) is 17.5. The third-order valence-electron chi connectivity index (χ3n) is 5.56. The van der Waals surface area contributed by atoms with E-state index in [0.29, 0.717) is 29.9 Å². The van der Waals surface area contributed by atoms with Crippen LogP contribution in [0.1, 0.15) is 32.1 Å². The number of hydrogen-bond acceptors (Lipinski definition) is 6. The fourth-order valence-electron chi connectivity index (χ4n) is 4.12. The highest BCUT2D eigenvalue weighted by atomic mass is 19.1. The highest BCUT2D eigenvalue weighted by Crippen LogP contribution is 2.30. The van der Waals surface area contributed by atoms with Crippen molar-refractivity contribution < 1.29 is 13.9 Å². The summed E-state index contributed by atoms with van der Waals surface area (Å²) in [6.07, 6.45) is 1.19. The van der Waals surface area contributed by atoms with Gasteiger partial charge in [-0.15, -0.1) is 0 Å². The van der Waals surface area contributed by atoms with Gasteiger partial charge in [0.2, 0.25) is 5.95 Å². The number of aromatic nitrogens is 4. The first-order chi connectivity index (χ1) is 14.2. The van der Waals surface area contributed by atoms with E-state index in [0.717, 1.165) is 12.7 Å². The van der Waals surface area contributed by atoms with Crippen molar-refractivity contribution in [2.45, 2.75) is 45.4 Å². The molecule has 2 N–H and O–H groups in total. The molecular weight excluding hydrogens is 390 g/mol. The summed E-state index contributed by atoms with van der Waals surface area (Å²) < 4.78 is 31.3. The van der Waals surface area contributed by atoms with Crippen molar-refractivity contribution in [3.05, 3.63) is 35.8 Å². The van der Waals surface area contributed by atoms with Crippen molar-refractivity contribution in [1.82, 2.24) is 24.4 Å². The lowest BCUT2D eigenvalue weighted by molar-refractivity contribution is 0.0726. The normalized spacial score (nSPS) is 20.3. The quantitative estimate of drug-likeness (QED) is 0.680. The Kier molecular flexibility index (Phi) is 5.42. The van der Waals surface area contributed by atoms with Crippen LogP contribution in [0.2, 0.25) is 0 Å². The van der Waals surface area contributed by atoms with E-state index in [2.05, 4.69) is 20.3 Å². The van der Waals surface area contributed by atoms with Gasteiger partial charge in [-0.1, -0.05) is 0 Å². The van der Waals surface area contributed by atoms with Crippen LogP contribution in [0.15, 0.2) is 18.3 Å². The molecule has 160 valence electrons. The number of benzene rings is 1. The first kappa shape index (κ1) is 20.6. The Bertz CT molecular complexity index is 1080. The number of fused-ring (bicyclic) bond motifs is 1. The first-order valence-electron chi connectivity index (χ1n) is 10.1. The molecule has 1 fully saturated rings. The van der Waals surface area contributed by atoms with Gasteiger partial charge in [0.05, 0.1) is 23.9 Å². The Morgan fingerprint density at radius 3 is 2.67 bits per heavy atom. The van der Waals surface area contributed by atoms with E-state index in [9.17, 15) is 13.9 Å². The van der Waals surface area contributed by atoms with Gasteiger partial charge in [-0.2, -0.15) is 0 Å². The predicted molar refractivity (Wildman–Crippen MR) is 111 cm³/mol. The topological polar surface area (TPSA) is 79.1 Å². The van der Waals surface area contributed by atoms with E-state index in [4.69, 9.17) is 0 Å². The summed E-state index contributed by atoms with van der Waals surface area (Å²) in [4.78, 5) is 14.7. The molecule has 7 nitrogen and oxygen atoms in total. The van der Waals surface area contributed by atoms with Crippen molar-refractivity contribution in [1.29, 1.82) is 0 Å². The minimum atomic E-state index is -0.643. The zero-order chi connectivity index (χ0) is 21.6. The SMILES string of the molecule is Cc1nc2c(F)cc(-c3nc(N[C@@H]4CCN(C)C[C@H]4O)ncc3F)cc2n1C(C)C. The van der Waals surface area contributed by atoms with E-state index in [1.165, 1.54) is 6.07 Å². The number of aryl methyl sites for hydroxylation is 1. The van der Waals surface area contributed by atoms with Crippen molar-refractivity contribution in [3.8, 4) is 11.3 Å². The maximum Gasteiger partial charge on any atom is 0.223 e. The van der Waals surface area contributed by atoms with Gasteiger partial charge in [0.25, 0.3) is 0 Å². The summed E-state index contributed by atoms with van der Waals surface area (Å²) in [5, 5.41) is 13.4. The summed E-state index contributed by atoms with van der Waals surface area (Å²) in [5.74, 6) is -0.273. The van der Waals surface area contributed by atoms with E-state index < -0.39 is 17.7 Å². The molecule has 1 aliphatic rings. The van der Waals surface area contributed by atoms with Crippen molar-refractivity contribution in [2.75, 3.05) is 25.5 Å². The smallest absolute Gasteiger partial charge is 0.223 e. The standard InChI is InChI=1S/C21H26F2N6O/c1-11(2)29-12(3)25-20-14(22)7-13(8-17(20)29)19-15(23)9-24-21(27-19)26-16-5-6-28(4)10-18(16)30/h7-9,11,16,18,30H,5-6,10H2,1-4H3,(H,24,26,27)/t16-,18-/m1/s1. The Morgan fingerprint density at radius 1 is 1.20 bits per heavy atom. The molecule has 0 unspecified atom stereocenters. The van der Waals surface area contributed by atoms with Gasteiger partial charge in [-0.3, -0.25) is 0 Å². The Labute approximate surface area is 173 Å². The number of aliphatic hydroxyl groups is 1. The lowest BCUT2D eigenvalue weighted by Gasteiger charge is -2.34. The molecule has 0 spiro atoms. The molecule has 3 aromatic rings. The number of nitrogens with one attached hydrogen (secondary N) is 1. The second-order valence-electron chi connectivity index (χ2n) is 8.21. The number of hydrogen-bond donors (Lipinski definition) is 2. The maximum absolute atomic E-state index is 14.8. The van der Waals surface area contributed by atoms with E-state index >= 15 is 0 Å². The molecule has 2 aromatic heterocycles. The Hall–Kier alpha value is -2.65. The van der Waals surface area contributed by atoms with Crippen LogP contribution in [0.5, 0.6) is 0 Å². The van der Waals surface area contributed by atoms with Crippen LogP contribution in [-0.2, 0) is 0 Å². The number of anilines is 1. The van der Waals surface area contributed by atoms with Crippen molar-refractivity contribution in [2.24, 2.45) is 0 Å². The third kappa shape index (κ3) is 3.75. The highest BCUT2D eigenvalue weighted by molar-refractivity contribution is 5.83. The van der Waals surface area contributed by atoms with Crippen LogP contribution >= 0.6 is 0 Å². The van der Waals surface area contributed by atoms with E-state index in [1.54, 1.807) is 6.07 Å². The largest absolute Gasteiger partial charge is 0.390 e. The van der Waals surface area contributed by atoms with Crippen LogP contribution in [0.25, 0.3) is 22.3 Å². The second kappa shape index (κ2) is 7.88. The number of nitrogens with zero attached hydrogens (tertiary/aromatic N) is 5. The molecule has 1 aromatic carbocycles. The van der Waals surface area contributed by atoms with E-state index in [-0.39, 0.29) is 29.2 Å². The van der Waals surface area contributed by atoms with Gasteiger partial charge in [0.1, 0.15) is 17.0 Å². The van der Waals surface area contributed by atoms with Crippen LogP contribution in [0.3, 0.4) is 0 Å². The second-order valence-corrected chi connectivity index (χ2v) is 8.21. The van der Waals surface area contributed by atoms with Gasteiger partial charge in [-0.25, -0.2) is 23.7 Å². The van der Waals surface area contributed by atoms with Crippen molar-refractivity contribution in [3.63, 3.8) is 0 Å². The fourth-order valence-corrected chi connectivity index (χ4v) is 4.12. The van der Waals surface area contributed by atoms with Crippen LogP contribution in [-0.4, -0.2) is 61.8 Å². The zero-order valence-electron chi connectivity index (χ0n) is 17.5. The van der Waals surface area contributed by atoms with Crippen molar-refractivity contribution >= 4 is 17.0 Å². The van der Waals surface area contributed by atoms with Gasteiger partial charge in [0, 0.05) is 18.2 Å². The van der Waals surface area contributed by atoms with Gasteiger partial charge in [0.15, 0.2) is 11.6 Å². The van der Waals surface area contributed by atoms with Crippen LogP contribution in [0.4, 0.5) is 14.7 Å². The molecule has 0 aliphatic carbocycles. The number of likely N-dealkylation sites (tertiary alicyclic amines) is 1. The van der Waals surface area contributed by atoms with Crippen LogP contribution < -0.4 is 5.32 Å². The van der Waals surface area contributed by atoms with Crippen LogP contribution in [0, 0.1) is 18.6 Å². The minimum Gasteiger partial charge on any atom is -0.390 e. The number of likely N-dealkylation sites (N-methyl/N-ethyl adjacent to an activating group) is 1. The Morgan fingerprint density at radius 2 is 1.97 bits per heavy atom. The fraction of sp³-hybridized carbons (Fsp3) is 0.476. The summed E-state index contributed by atoms with van der Waals surface area (Å²) >= 11 is 0. The number of aliphatic hydroxyl groups excluding tert-OH is 1. The monoisotopic (exact) mass is 416 g/mol. The number of rotatable bonds is 4. The molecule has 2 atom stereocenters. The number of β-amino-alcohol motifs (C(OH)–C–C–N with tert-alkyl or cyclic N) is 1. The molecule has 3 heterocycles. The third-order valence-corrected chi connectivity index (χ3v) is 5.56. The predicted octanol–water partition coefficient (Wildman–Crippen LogP) is 3.14. The first-order valence-corrected chi connectivity index (χ1v) is 10.1. The Balaban J connectivity index is 1.73. The number of imidazole rings is 1. The van der Waals surface area contributed by atoms with Gasteiger partial charge in [-0.05, 0) is 52.9 Å². The molecule has 0 amide bonds. The molecule has 0 radical (unpaired) electrons. The molecule has 1 saturated heterocycles. The molecule has 9 heteroatoms. The summed E-state index contributed by atoms with van der Waals surface area (Å²) in [5.41, 5.74) is 1.17. The molecule has 30 heavy (non-hydrogen) atoms. The summed E-state index contributed by atoms with van der Waals surface area (Å²) in [7, 11) is 1.94. The average Bonchev–Trinajstić information content (AvgIpc) is 3.02. The maximum atomic E-state index is 14.8. The molecule has 1 aliphatic heterocycles. The molecule has 0 saturated carbocycles. The lowest BCUT2D eigenvalue weighted by Crippen LogP contribution is -2.48. The minimum absolute atomic E-state index is 0.00452. The average molecular weight is 416 g/mol. The highest BCUT2D eigenvalue weighted by Gasteiger charge is 2.27. The molecule has 0 bridgehead atoms.